The van der Waals surface area contributed by atoms with E-state index in [0.717, 1.165) is 28.1 Å². The van der Waals surface area contributed by atoms with Crippen LogP contribution in [0.2, 0.25) is 0 Å². The molecule has 0 spiro atoms. The minimum absolute atomic E-state index is 0.0619. The fourth-order valence-corrected chi connectivity index (χ4v) is 2.74. The van der Waals surface area contributed by atoms with E-state index >= 15 is 0 Å². The van der Waals surface area contributed by atoms with Gasteiger partial charge >= 0.3 is 12.1 Å². The van der Waals surface area contributed by atoms with Crippen LogP contribution >= 0.6 is 11.3 Å². The molecule has 20 heavy (non-hydrogen) atoms. The van der Waals surface area contributed by atoms with Crippen LogP contribution in [0.4, 0.5) is 13.2 Å². The second kappa shape index (κ2) is 5.66. The molecule has 0 aliphatic rings. The van der Waals surface area contributed by atoms with E-state index < -0.39 is 17.7 Å². The summed E-state index contributed by atoms with van der Waals surface area (Å²) >= 11 is 1.34. The molecule has 0 fully saturated rings. The number of alkyl halides is 3. The van der Waals surface area contributed by atoms with Gasteiger partial charge in [-0.15, -0.1) is 11.3 Å². The van der Waals surface area contributed by atoms with Gasteiger partial charge in [-0.1, -0.05) is 12.1 Å². The second-order valence-electron chi connectivity index (χ2n) is 4.31. The van der Waals surface area contributed by atoms with Gasteiger partial charge in [0.15, 0.2) is 0 Å². The Balaban J connectivity index is 2.15. The first kappa shape index (κ1) is 14.6. The molecule has 106 valence electrons. The number of carboxylic acids is 1. The van der Waals surface area contributed by atoms with Crippen molar-refractivity contribution in [3.05, 3.63) is 57.3 Å². The Kier molecular flexibility index (Phi) is 4.13. The zero-order chi connectivity index (χ0) is 14.8. The number of carboxylic acid groups (broad SMARTS) is 1. The van der Waals surface area contributed by atoms with Crippen molar-refractivity contribution in [1.82, 2.24) is 0 Å². The monoisotopic (exact) mass is 300 g/mol. The van der Waals surface area contributed by atoms with Crippen molar-refractivity contribution in [2.45, 2.75) is 19.0 Å². The minimum Gasteiger partial charge on any atom is -0.481 e. The highest BCUT2D eigenvalue weighted by Crippen LogP contribution is 2.29. The van der Waals surface area contributed by atoms with Gasteiger partial charge in [-0.3, -0.25) is 4.79 Å². The Labute approximate surface area is 117 Å². The Morgan fingerprint density at radius 3 is 2.35 bits per heavy atom. The molecule has 0 saturated heterocycles. The summed E-state index contributed by atoms with van der Waals surface area (Å²) in [6.45, 7) is 0. The molecular formula is C14H11F3O2S. The lowest BCUT2D eigenvalue weighted by molar-refractivity contribution is -0.138. The quantitative estimate of drug-likeness (QED) is 0.927. The second-order valence-corrected chi connectivity index (χ2v) is 5.31. The summed E-state index contributed by atoms with van der Waals surface area (Å²) in [4.78, 5) is 11.4. The standard InChI is InChI=1S/C14H11F3O2S/c15-14(16,17)11-3-1-9(2-4-11)7-10-5-6-20-12(10)8-13(18)19/h1-6H,7-8H2,(H,18,19). The Bertz CT molecular complexity index is 600. The lowest BCUT2D eigenvalue weighted by atomic mass is 10.0. The first-order valence-corrected chi connectivity index (χ1v) is 6.67. The molecule has 0 amide bonds. The van der Waals surface area contributed by atoms with Crippen molar-refractivity contribution in [1.29, 1.82) is 0 Å². The summed E-state index contributed by atoms with van der Waals surface area (Å²) < 4.78 is 37.3. The Hall–Kier alpha value is -1.82. The van der Waals surface area contributed by atoms with Crippen LogP contribution in [0.3, 0.4) is 0 Å². The summed E-state index contributed by atoms with van der Waals surface area (Å²) in [6.07, 6.45) is -3.97. The summed E-state index contributed by atoms with van der Waals surface area (Å²) in [5.41, 5.74) is 0.887. The van der Waals surface area contributed by atoms with Gasteiger partial charge in [0.2, 0.25) is 0 Å². The number of halogens is 3. The van der Waals surface area contributed by atoms with Gasteiger partial charge in [-0.25, -0.2) is 0 Å². The number of carbonyl (C=O) groups is 1. The zero-order valence-corrected chi connectivity index (χ0v) is 11.1. The highest BCUT2D eigenvalue weighted by atomic mass is 32.1. The summed E-state index contributed by atoms with van der Waals surface area (Å²) in [5, 5.41) is 10.6. The van der Waals surface area contributed by atoms with Gasteiger partial charge in [-0.2, -0.15) is 13.2 Å². The summed E-state index contributed by atoms with van der Waals surface area (Å²) in [7, 11) is 0. The van der Waals surface area contributed by atoms with Crippen LogP contribution in [-0.4, -0.2) is 11.1 Å². The predicted octanol–water partition coefficient (Wildman–Crippen LogP) is 3.98. The van der Waals surface area contributed by atoms with E-state index in [1.807, 2.05) is 0 Å². The van der Waals surface area contributed by atoms with Crippen molar-refractivity contribution >= 4 is 17.3 Å². The third kappa shape index (κ3) is 3.60. The topological polar surface area (TPSA) is 37.3 Å². The average Bonchev–Trinajstić information content (AvgIpc) is 2.75. The van der Waals surface area contributed by atoms with E-state index in [4.69, 9.17) is 5.11 Å². The lowest BCUT2D eigenvalue weighted by Gasteiger charge is -2.08. The highest BCUT2D eigenvalue weighted by Gasteiger charge is 2.29. The van der Waals surface area contributed by atoms with E-state index in [0.29, 0.717) is 6.42 Å². The molecule has 1 N–H and O–H groups in total. The minimum atomic E-state index is -4.34. The number of rotatable bonds is 4. The van der Waals surface area contributed by atoms with Crippen molar-refractivity contribution in [2.24, 2.45) is 0 Å². The number of aliphatic carboxylic acids is 1. The first-order chi connectivity index (χ1) is 9.36. The molecule has 1 aromatic carbocycles. The Morgan fingerprint density at radius 2 is 1.80 bits per heavy atom. The molecular weight excluding hydrogens is 289 g/mol. The number of benzene rings is 1. The molecule has 2 nitrogen and oxygen atoms in total. The third-order valence-electron chi connectivity index (χ3n) is 2.83. The SMILES string of the molecule is O=C(O)Cc1sccc1Cc1ccc(C(F)(F)F)cc1. The third-order valence-corrected chi connectivity index (χ3v) is 3.79. The van der Waals surface area contributed by atoms with Gasteiger partial charge in [0.1, 0.15) is 0 Å². The fourth-order valence-electron chi connectivity index (χ4n) is 1.85. The normalized spacial score (nSPS) is 11.6. The maximum absolute atomic E-state index is 12.4. The molecule has 1 heterocycles. The van der Waals surface area contributed by atoms with Crippen LogP contribution in [0.15, 0.2) is 35.7 Å². The van der Waals surface area contributed by atoms with Gasteiger partial charge in [0.25, 0.3) is 0 Å². The average molecular weight is 300 g/mol. The molecule has 0 atom stereocenters. The summed E-state index contributed by atoms with van der Waals surface area (Å²) in [6, 6.07) is 6.73. The smallest absolute Gasteiger partial charge is 0.416 e. The van der Waals surface area contributed by atoms with E-state index in [1.54, 1.807) is 11.4 Å². The van der Waals surface area contributed by atoms with Crippen molar-refractivity contribution in [2.75, 3.05) is 0 Å². The molecule has 2 aromatic rings. The molecule has 0 radical (unpaired) electrons. The van der Waals surface area contributed by atoms with Gasteiger partial charge in [-0.05, 0) is 41.1 Å². The van der Waals surface area contributed by atoms with Crippen LogP contribution in [0.5, 0.6) is 0 Å². The van der Waals surface area contributed by atoms with Crippen molar-refractivity contribution in [3.8, 4) is 0 Å². The number of hydrogen-bond donors (Lipinski definition) is 1. The van der Waals surface area contributed by atoms with Gasteiger partial charge in [0.05, 0.1) is 12.0 Å². The number of hydrogen-bond acceptors (Lipinski definition) is 2. The zero-order valence-electron chi connectivity index (χ0n) is 10.3. The maximum atomic E-state index is 12.4. The lowest BCUT2D eigenvalue weighted by Crippen LogP contribution is -2.05. The highest BCUT2D eigenvalue weighted by molar-refractivity contribution is 7.10. The van der Waals surface area contributed by atoms with Crippen LogP contribution in [-0.2, 0) is 23.8 Å². The molecule has 0 bridgehead atoms. The van der Waals surface area contributed by atoms with Crippen molar-refractivity contribution < 1.29 is 23.1 Å². The van der Waals surface area contributed by atoms with Crippen LogP contribution in [0.1, 0.15) is 21.6 Å². The Morgan fingerprint density at radius 1 is 1.15 bits per heavy atom. The fraction of sp³-hybridized carbons (Fsp3) is 0.214. The predicted molar refractivity (Wildman–Crippen MR) is 69.9 cm³/mol. The van der Waals surface area contributed by atoms with Crippen LogP contribution < -0.4 is 0 Å². The van der Waals surface area contributed by atoms with Crippen LogP contribution in [0.25, 0.3) is 0 Å². The number of thiophene rings is 1. The molecule has 2 rings (SSSR count). The van der Waals surface area contributed by atoms with E-state index in [9.17, 15) is 18.0 Å². The molecule has 0 unspecified atom stereocenters. The van der Waals surface area contributed by atoms with Gasteiger partial charge < -0.3 is 5.11 Å². The largest absolute Gasteiger partial charge is 0.481 e. The molecule has 0 aliphatic carbocycles. The van der Waals surface area contributed by atoms with E-state index in [1.165, 1.54) is 23.5 Å². The molecule has 0 saturated carbocycles. The van der Waals surface area contributed by atoms with Crippen LogP contribution in [0, 0.1) is 0 Å². The maximum Gasteiger partial charge on any atom is 0.416 e. The van der Waals surface area contributed by atoms with Gasteiger partial charge in [0, 0.05) is 4.88 Å². The van der Waals surface area contributed by atoms with Crippen molar-refractivity contribution in [3.63, 3.8) is 0 Å². The van der Waals surface area contributed by atoms with E-state index in [2.05, 4.69) is 0 Å². The first-order valence-electron chi connectivity index (χ1n) is 5.79. The van der Waals surface area contributed by atoms with E-state index in [-0.39, 0.29) is 6.42 Å². The summed E-state index contributed by atoms with van der Waals surface area (Å²) in [5.74, 6) is -0.916. The molecule has 1 aromatic heterocycles. The molecule has 0 aliphatic heterocycles. The molecule has 6 heteroatoms.